The van der Waals surface area contributed by atoms with Crippen LogP contribution < -0.4 is 10.6 Å². The number of carbonyl (C=O) groups excluding carboxylic acids is 1. The Kier molecular flexibility index (Phi) is 3.60. The lowest BCUT2D eigenvalue weighted by atomic mass is 9.95. The molecule has 21 heavy (non-hydrogen) atoms. The number of anilines is 2. The molecular weight excluding hydrogens is 284 g/mol. The Hall–Kier alpha value is -2.00. The van der Waals surface area contributed by atoms with Gasteiger partial charge in [0.1, 0.15) is 0 Å². The molecule has 2 aromatic carbocycles. The van der Waals surface area contributed by atoms with Crippen LogP contribution in [0.4, 0.5) is 11.4 Å². The Morgan fingerprint density at radius 2 is 2.05 bits per heavy atom. The molecule has 0 aliphatic carbocycles. The third kappa shape index (κ3) is 2.61. The van der Waals surface area contributed by atoms with Crippen molar-refractivity contribution < 1.29 is 4.79 Å². The second kappa shape index (κ2) is 5.41. The van der Waals surface area contributed by atoms with Crippen molar-refractivity contribution in [1.29, 1.82) is 0 Å². The molecule has 0 saturated heterocycles. The molecule has 1 unspecified atom stereocenters. The predicted molar refractivity (Wildman–Crippen MR) is 86.9 cm³/mol. The molecule has 3 nitrogen and oxygen atoms in total. The number of hydrogen-bond acceptors (Lipinski definition) is 2. The average molecular weight is 301 g/mol. The molecule has 1 heterocycles. The number of nitrogens with zero attached hydrogens (tertiary/aromatic N) is 1. The van der Waals surface area contributed by atoms with Gasteiger partial charge in [-0.1, -0.05) is 29.8 Å². The van der Waals surface area contributed by atoms with E-state index in [9.17, 15) is 4.79 Å². The molecule has 1 amide bonds. The van der Waals surface area contributed by atoms with Gasteiger partial charge in [-0.05, 0) is 49.6 Å². The van der Waals surface area contributed by atoms with Gasteiger partial charge in [0.05, 0.1) is 0 Å². The predicted octanol–water partition coefficient (Wildman–Crippen LogP) is 3.90. The molecule has 0 saturated carbocycles. The maximum atomic E-state index is 12.9. The fraction of sp³-hybridized carbons (Fsp3) is 0.235. The summed E-state index contributed by atoms with van der Waals surface area (Å²) in [6.07, 6.45) is 1.96. The zero-order chi connectivity index (χ0) is 15.0. The number of nitrogens with two attached hydrogens (primary N) is 1. The van der Waals surface area contributed by atoms with Gasteiger partial charge in [0.25, 0.3) is 5.91 Å². The van der Waals surface area contributed by atoms with Gasteiger partial charge in [0.15, 0.2) is 0 Å². The van der Waals surface area contributed by atoms with E-state index >= 15 is 0 Å². The molecule has 1 aliphatic rings. The summed E-state index contributed by atoms with van der Waals surface area (Å²) in [6, 6.07) is 13.2. The van der Waals surface area contributed by atoms with Gasteiger partial charge in [0.2, 0.25) is 0 Å². The van der Waals surface area contributed by atoms with Crippen molar-refractivity contribution in [1.82, 2.24) is 0 Å². The summed E-state index contributed by atoms with van der Waals surface area (Å²) >= 11 is 6.02. The fourth-order valence-electron chi connectivity index (χ4n) is 2.87. The van der Waals surface area contributed by atoms with E-state index in [0.29, 0.717) is 16.3 Å². The molecule has 2 N–H and O–H groups in total. The van der Waals surface area contributed by atoms with Crippen LogP contribution in [-0.2, 0) is 6.42 Å². The van der Waals surface area contributed by atoms with Crippen LogP contribution in [0.2, 0.25) is 5.02 Å². The van der Waals surface area contributed by atoms with Crippen molar-refractivity contribution in [2.75, 3.05) is 10.6 Å². The number of fused-ring (bicyclic) bond motifs is 1. The number of benzene rings is 2. The number of hydrogen-bond donors (Lipinski definition) is 1. The van der Waals surface area contributed by atoms with E-state index in [1.807, 2.05) is 23.1 Å². The standard InChI is InChI=1S/C17H17ClN2O/c1-11-6-7-12-4-2-3-5-16(12)20(11)17(21)13-8-14(18)10-15(19)9-13/h2-5,8-11H,6-7,19H2,1H3. The van der Waals surface area contributed by atoms with Gasteiger partial charge in [-0.25, -0.2) is 0 Å². The second-order valence-corrected chi connectivity index (χ2v) is 5.90. The first-order chi connectivity index (χ1) is 10.1. The summed E-state index contributed by atoms with van der Waals surface area (Å²) in [7, 11) is 0. The number of aryl methyl sites for hydroxylation is 1. The molecule has 4 heteroatoms. The van der Waals surface area contributed by atoms with Crippen LogP contribution in [0.25, 0.3) is 0 Å². The molecule has 0 radical (unpaired) electrons. The third-order valence-corrected chi connectivity index (χ3v) is 4.13. The third-order valence-electron chi connectivity index (χ3n) is 3.91. The van der Waals surface area contributed by atoms with Crippen molar-refractivity contribution in [2.24, 2.45) is 0 Å². The summed E-state index contributed by atoms with van der Waals surface area (Å²) in [5, 5.41) is 0.483. The Labute approximate surface area is 129 Å². The van der Waals surface area contributed by atoms with Crippen LogP contribution >= 0.6 is 11.6 Å². The highest BCUT2D eigenvalue weighted by atomic mass is 35.5. The molecule has 3 rings (SSSR count). The Morgan fingerprint density at radius 3 is 2.81 bits per heavy atom. The molecule has 1 aliphatic heterocycles. The van der Waals surface area contributed by atoms with E-state index < -0.39 is 0 Å². The van der Waals surface area contributed by atoms with Crippen molar-refractivity contribution in [2.45, 2.75) is 25.8 Å². The van der Waals surface area contributed by atoms with Crippen molar-refractivity contribution in [3.8, 4) is 0 Å². The lowest BCUT2D eigenvalue weighted by Crippen LogP contribution is -2.42. The van der Waals surface area contributed by atoms with E-state index in [1.54, 1.807) is 18.2 Å². The number of rotatable bonds is 1. The van der Waals surface area contributed by atoms with Crippen molar-refractivity contribution >= 4 is 28.9 Å². The Morgan fingerprint density at radius 1 is 1.29 bits per heavy atom. The van der Waals surface area contributed by atoms with Gasteiger partial charge in [-0.3, -0.25) is 4.79 Å². The van der Waals surface area contributed by atoms with Crippen molar-refractivity contribution in [3.05, 3.63) is 58.6 Å². The lowest BCUT2D eigenvalue weighted by molar-refractivity contribution is 0.0975. The minimum atomic E-state index is -0.0520. The summed E-state index contributed by atoms with van der Waals surface area (Å²) in [4.78, 5) is 14.7. The molecule has 0 spiro atoms. The smallest absolute Gasteiger partial charge is 0.258 e. The van der Waals surface area contributed by atoms with Crippen LogP contribution in [0.3, 0.4) is 0 Å². The average Bonchev–Trinajstić information content (AvgIpc) is 2.45. The first-order valence-electron chi connectivity index (χ1n) is 7.04. The van der Waals surface area contributed by atoms with Crippen LogP contribution in [0, 0.1) is 0 Å². The summed E-state index contributed by atoms with van der Waals surface area (Å²) in [5.41, 5.74) is 9.03. The van der Waals surface area contributed by atoms with Gasteiger partial charge < -0.3 is 10.6 Å². The van der Waals surface area contributed by atoms with Crippen LogP contribution in [0.15, 0.2) is 42.5 Å². The SMILES string of the molecule is CC1CCc2ccccc2N1C(=O)c1cc(N)cc(Cl)c1. The molecule has 0 aromatic heterocycles. The summed E-state index contributed by atoms with van der Waals surface area (Å²) < 4.78 is 0. The van der Waals surface area contributed by atoms with E-state index in [1.165, 1.54) is 5.56 Å². The molecular formula is C17H17ClN2O. The van der Waals surface area contributed by atoms with E-state index in [2.05, 4.69) is 13.0 Å². The maximum absolute atomic E-state index is 12.9. The largest absolute Gasteiger partial charge is 0.399 e. The summed E-state index contributed by atoms with van der Waals surface area (Å²) in [5.74, 6) is -0.0520. The van der Waals surface area contributed by atoms with Crippen LogP contribution in [0.1, 0.15) is 29.3 Å². The number of carbonyl (C=O) groups is 1. The van der Waals surface area contributed by atoms with Crippen LogP contribution in [-0.4, -0.2) is 11.9 Å². The normalized spacial score (nSPS) is 17.4. The van der Waals surface area contributed by atoms with Gasteiger partial charge in [-0.15, -0.1) is 0 Å². The minimum Gasteiger partial charge on any atom is -0.399 e. The highest BCUT2D eigenvalue weighted by molar-refractivity contribution is 6.31. The monoisotopic (exact) mass is 300 g/mol. The van der Waals surface area contributed by atoms with Gasteiger partial charge in [-0.2, -0.15) is 0 Å². The second-order valence-electron chi connectivity index (χ2n) is 5.46. The quantitative estimate of drug-likeness (QED) is 0.812. The van der Waals surface area contributed by atoms with Crippen molar-refractivity contribution in [3.63, 3.8) is 0 Å². The zero-order valence-electron chi connectivity index (χ0n) is 11.8. The molecule has 0 bridgehead atoms. The van der Waals surface area contributed by atoms with E-state index in [-0.39, 0.29) is 11.9 Å². The van der Waals surface area contributed by atoms with E-state index in [0.717, 1.165) is 18.5 Å². The van der Waals surface area contributed by atoms with Crippen LogP contribution in [0.5, 0.6) is 0 Å². The fourth-order valence-corrected chi connectivity index (χ4v) is 3.12. The highest BCUT2D eigenvalue weighted by Gasteiger charge is 2.28. The number of nitrogen functional groups attached to an aromatic ring is 1. The van der Waals surface area contributed by atoms with Gasteiger partial charge in [0, 0.05) is 28.0 Å². The molecule has 108 valence electrons. The molecule has 1 atom stereocenters. The highest BCUT2D eigenvalue weighted by Crippen LogP contribution is 2.32. The lowest BCUT2D eigenvalue weighted by Gasteiger charge is -2.35. The molecule has 0 fully saturated rings. The number of amides is 1. The maximum Gasteiger partial charge on any atom is 0.258 e. The number of para-hydroxylation sites is 1. The molecule has 2 aromatic rings. The topological polar surface area (TPSA) is 46.3 Å². The number of halogens is 1. The Bertz CT molecular complexity index is 679. The Balaban J connectivity index is 2.04. The zero-order valence-corrected chi connectivity index (χ0v) is 12.6. The minimum absolute atomic E-state index is 0.0520. The summed E-state index contributed by atoms with van der Waals surface area (Å²) in [6.45, 7) is 2.07. The van der Waals surface area contributed by atoms with E-state index in [4.69, 9.17) is 17.3 Å². The van der Waals surface area contributed by atoms with Gasteiger partial charge >= 0.3 is 0 Å². The first kappa shape index (κ1) is 14.0. The first-order valence-corrected chi connectivity index (χ1v) is 7.41.